The van der Waals surface area contributed by atoms with Crippen LogP contribution in [0.4, 0.5) is 0 Å². The van der Waals surface area contributed by atoms with E-state index in [0.717, 1.165) is 18.7 Å². The van der Waals surface area contributed by atoms with Crippen LogP contribution in [0.3, 0.4) is 0 Å². The third-order valence-electron chi connectivity index (χ3n) is 3.88. The molecule has 96 valence electrons. The van der Waals surface area contributed by atoms with E-state index in [2.05, 4.69) is 16.2 Å². The van der Waals surface area contributed by atoms with Crippen molar-refractivity contribution in [3.63, 3.8) is 0 Å². The Balaban J connectivity index is 1.65. The van der Waals surface area contributed by atoms with E-state index in [4.69, 9.17) is 14.5 Å². The molecule has 0 saturated carbocycles. The van der Waals surface area contributed by atoms with Gasteiger partial charge in [0.2, 0.25) is 5.89 Å². The predicted molar refractivity (Wildman–Crippen MR) is 62.6 cm³/mol. The van der Waals surface area contributed by atoms with Crippen LogP contribution in [0.15, 0.2) is 4.52 Å². The number of nitriles is 1. The maximum Gasteiger partial charge on any atom is 0.226 e. The van der Waals surface area contributed by atoms with Crippen molar-refractivity contribution in [2.75, 3.05) is 0 Å². The molecule has 3 heterocycles. The molecule has 5 nitrogen and oxygen atoms in total. The zero-order valence-corrected chi connectivity index (χ0v) is 10.5. The second kappa shape index (κ2) is 4.69. The lowest BCUT2D eigenvalue weighted by Crippen LogP contribution is -2.15. The Morgan fingerprint density at radius 3 is 3.06 bits per heavy atom. The number of rotatable bonds is 4. The van der Waals surface area contributed by atoms with Crippen LogP contribution in [0.5, 0.6) is 0 Å². The molecule has 18 heavy (non-hydrogen) atoms. The second-order valence-corrected chi connectivity index (χ2v) is 5.43. The molecule has 2 saturated heterocycles. The summed E-state index contributed by atoms with van der Waals surface area (Å²) in [6, 6.07) is 2.16. The molecule has 1 aromatic rings. The molecular weight excluding hydrogens is 230 g/mol. The van der Waals surface area contributed by atoms with E-state index in [1.54, 1.807) is 0 Å². The zero-order valence-electron chi connectivity index (χ0n) is 10.5. The first-order chi connectivity index (χ1) is 8.76. The fourth-order valence-electron chi connectivity index (χ4n) is 2.94. The highest BCUT2D eigenvalue weighted by atomic mass is 16.5. The summed E-state index contributed by atoms with van der Waals surface area (Å²) in [7, 11) is 0. The van der Waals surface area contributed by atoms with Gasteiger partial charge in [0.1, 0.15) is 0 Å². The van der Waals surface area contributed by atoms with Gasteiger partial charge in [-0.1, -0.05) is 12.1 Å². The first-order valence-corrected chi connectivity index (χ1v) is 6.61. The summed E-state index contributed by atoms with van der Waals surface area (Å²) in [5.41, 5.74) is 0. The number of hydrogen-bond acceptors (Lipinski definition) is 5. The number of fused-ring (bicyclic) bond motifs is 2. The van der Waals surface area contributed by atoms with Crippen LogP contribution in [0.2, 0.25) is 0 Å². The molecule has 0 aromatic carbocycles. The number of aromatic nitrogens is 2. The lowest BCUT2D eigenvalue weighted by atomic mass is 9.89. The number of nitrogens with zero attached hydrogens (tertiary/aromatic N) is 3. The molecule has 0 N–H and O–H groups in total. The van der Waals surface area contributed by atoms with Crippen molar-refractivity contribution in [1.29, 1.82) is 5.26 Å². The average molecular weight is 247 g/mol. The monoisotopic (exact) mass is 247 g/mol. The third-order valence-corrected chi connectivity index (χ3v) is 3.88. The molecule has 0 spiro atoms. The van der Waals surface area contributed by atoms with Crippen LogP contribution in [0.1, 0.15) is 50.2 Å². The third kappa shape index (κ3) is 2.13. The van der Waals surface area contributed by atoms with Crippen LogP contribution in [-0.2, 0) is 11.2 Å². The molecule has 4 unspecified atom stereocenters. The zero-order chi connectivity index (χ0) is 12.5. The molecule has 0 aliphatic carbocycles. The molecule has 2 aliphatic rings. The molecule has 0 amide bonds. The predicted octanol–water partition coefficient (Wildman–Crippen LogP) is 2.20. The van der Waals surface area contributed by atoms with E-state index in [9.17, 15) is 0 Å². The first kappa shape index (κ1) is 11.7. The lowest BCUT2D eigenvalue weighted by Gasteiger charge is -2.13. The smallest absolute Gasteiger partial charge is 0.226 e. The van der Waals surface area contributed by atoms with Crippen LogP contribution in [0, 0.1) is 17.2 Å². The maximum absolute atomic E-state index is 8.63. The van der Waals surface area contributed by atoms with Gasteiger partial charge in [-0.15, -0.1) is 0 Å². The van der Waals surface area contributed by atoms with Crippen molar-refractivity contribution in [2.45, 2.75) is 57.2 Å². The van der Waals surface area contributed by atoms with Crippen LogP contribution in [0.25, 0.3) is 0 Å². The topological polar surface area (TPSA) is 71.9 Å². The molecule has 3 rings (SSSR count). The largest absolute Gasteiger partial charge is 0.374 e. The number of ether oxygens (including phenoxy) is 1. The lowest BCUT2D eigenvalue weighted by molar-refractivity contribution is 0.0996. The Morgan fingerprint density at radius 2 is 2.39 bits per heavy atom. The molecule has 2 bridgehead atoms. The fourth-order valence-corrected chi connectivity index (χ4v) is 2.94. The van der Waals surface area contributed by atoms with Gasteiger partial charge in [0.15, 0.2) is 5.82 Å². The van der Waals surface area contributed by atoms with E-state index in [-0.39, 0.29) is 12.0 Å². The summed E-state index contributed by atoms with van der Waals surface area (Å²) in [5.74, 6) is 2.02. The van der Waals surface area contributed by atoms with Crippen molar-refractivity contribution in [1.82, 2.24) is 10.1 Å². The molecule has 4 atom stereocenters. The highest BCUT2D eigenvalue weighted by molar-refractivity contribution is 5.07. The summed E-state index contributed by atoms with van der Waals surface area (Å²) in [4.78, 5) is 4.47. The van der Waals surface area contributed by atoms with Gasteiger partial charge in [0.25, 0.3) is 0 Å². The minimum atomic E-state index is 0.263. The normalized spacial score (nSPS) is 31.4. The van der Waals surface area contributed by atoms with Gasteiger partial charge in [-0.2, -0.15) is 10.2 Å². The van der Waals surface area contributed by atoms with Gasteiger partial charge in [0.05, 0.1) is 24.2 Å². The van der Waals surface area contributed by atoms with E-state index in [1.807, 2.05) is 6.92 Å². The highest BCUT2D eigenvalue weighted by Crippen LogP contribution is 2.43. The second-order valence-electron chi connectivity index (χ2n) is 5.43. The highest BCUT2D eigenvalue weighted by Gasteiger charge is 2.43. The number of hydrogen-bond donors (Lipinski definition) is 0. The van der Waals surface area contributed by atoms with E-state index >= 15 is 0 Å². The summed E-state index contributed by atoms with van der Waals surface area (Å²) in [5, 5.41) is 12.7. The first-order valence-electron chi connectivity index (χ1n) is 6.61. The van der Waals surface area contributed by atoms with Gasteiger partial charge >= 0.3 is 0 Å². The van der Waals surface area contributed by atoms with Crippen molar-refractivity contribution in [2.24, 2.45) is 5.92 Å². The van der Waals surface area contributed by atoms with Gasteiger partial charge in [0, 0.05) is 12.8 Å². The van der Waals surface area contributed by atoms with Crippen molar-refractivity contribution in [3.05, 3.63) is 11.7 Å². The van der Waals surface area contributed by atoms with Gasteiger partial charge in [-0.05, 0) is 25.2 Å². The van der Waals surface area contributed by atoms with Crippen LogP contribution in [-0.4, -0.2) is 22.3 Å². The summed E-state index contributed by atoms with van der Waals surface area (Å²) in [6.07, 6.45) is 5.21. The molecule has 5 heteroatoms. The van der Waals surface area contributed by atoms with Crippen LogP contribution >= 0.6 is 0 Å². The molecular formula is C13H17N3O2. The van der Waals surface area contributed by atoms with E-state index < -0.39 is 0 Å². The Kier molecular flexibility index (Phi) is 3.04. The summed E-state index contributed by atoms with van der Waals surface area (Å²) < 4.78 is 11.1. The quantitative estimate of drug-likeness (QED) is 0.815. The molecule has 1 aromatic heterocycles. The molecule has 2 aliphatic heterocycles. The Morgan fingerprint density at radius 1 is 1.50 bits per heavy atom. The average Bonchev–Trinajstić information content (AvgIpc) is 3.03. The summed E-state index contributed by atoms with van der Waals surface area (Å²) >= 11 is 0. The van der Waals surface area contributed by atoms with Crippen molar-refractivity contribution >= 4 is 0 Å². The summed E-state index contributed by atoms with van der Waals surface area (Å²) in [6.45, 7) is 2.02. The Hall–Kier alpha value is -1.41. The van der Waals surface area contributed by atoms with E-state index in [1.165, 1.54) is 6.42 Å². The molecule has 2 fully saturated rings. The molecule has 0 radical (unpaired) electrons. The maximum atomic E-state index is 8.63. The minimum absolute atomic E-state index is 0.263. The standard InChI is InChI=1S/C13H17N3O2/c1-8(4-5-14)6-12-15-13(16-18-12)10-7-9-2-3-11(10)17-9/h8-11H,2-4,6-7H2,1H3. The fraction of sp³-hybridized carbons (Fsp3) is 0.769. The van der Waals surface area contributed by atoms with E-state index in [0.29, 0.717) is 30.8 Å². The van der Waals surface area contributed by atoms with Gasteiger partial charge < -0.3 is 9.26 Å². The minimum Gasteiger partial charge on any atom is -0.374 e. The van der Waals surface area contributed by atoms with Crippen LogP contribution < -0.4 is 0 Å². The Bertz CT molecular complexity index is 465. The van der Waals surface area contributed by atoms with Gasteiger partial charge in [-0.25, -0.2) is 0 Å². The van der Waals surface area contributed by atoms with Crippen molar-refractivity contribution < 1.29 is 9.26 Å². The Labute approximate surface area is 106 Å². The van der Waals surface area contributed by atoms with Gasteiger partial charge in [-0.3, -0.25) is 0 Å². The van der Waals surface area contributed by atoms with Crippen molar-refractivity contribution in [3.8, 4) is 6.07 Å². The SMILES string of the molecule is CC(CC#N)Cc1nc(C2CC3CCC2O3)no1.